The molecule has 3 nitrogen and oxygen atoms in total. The zero-order chi connectivity index (χ0) is 11.3. The number of halogens is 1. The van der Waals surface area contributed by atoms with E-state index in [-0.39, 0.29) is 0 Å². The van der Waals surface area contributed by atoms with Crippen LogP contribution in [0.4, 0.5) is 0 Å². The van der Waals surface area contributed by atoms with Crippen LogP contribution in [0.5, 0.6) is 0 Å². The van der Waals surface area contributed by atoms with Gasteiger partial charge in [0.1, 0.15) is 5.54 Å². The van der Waals surface area contributed by atoms with E-state index < -0.39 is 5.54 Å². The number of pyridine rings is 1. The summed E-state index contributed by atoms with van der Waals surface area (Å²) in [5, 5.41) is 10.2. The van der Waals surface area contributed by atoms with Gasteiger partial charge in [0.25, 0.3) is 0 Å². The van der Waals surface area contributed by atoms with E-state index in [0.29, 0.717) is 11.4 Å². The van der Waals surface area contributed by atoms with Crippen molar-refractivity contribution in [1.82, 2.24) is 4.98 Å². The number of nitrogens with zero attached hydrogens (tertiary/aromatic N) is 2. The van der Waals surface area contributed by atoms with Crippen molar-refractivity contribution in [3.05, 3.63) is 23.4 Å². The summed E-state index contributed by atoms with van der Waals surface area (Å²) in [5.41, 5.74) is 4.94. The summed E-state index contributed by atoms with van der Waals surface area (Å²) in [4.78, 5) is 4.13. The van der Waals surface area contributed by atoms with E-state index in [1.807, 2.05) is 6.07 Å². The van der Waals surface area contributed by atoms with E-state index >= 15 is 0 Å². The largest absolute Gasteiger partial charge is 0.314 e. The van der Waals surface area contributed by atoms with Crippen molar-refractivity contribution in [2.75, 3.05) is 5.75 Å². The smallest absolute Gasteiger partial charge is 0.102 e. The quantitative estimate of drug-likeness (QED) is 0.823. The predicted molar refractivity (Wildman–Crippen MR) is 62.8 cm³/mol. The molecule has 0 aliphatic heterocycles. The van der Waals surface area contributed by atoms with Crippen LogP contribution >= 0.6 is 23.4 Å². The lowest BCUT2D eigenvalue weighted by Gasteiger charge is -2.13. The Morgan fingerprint density at radius 1 is 1.67 bits per heavy atom. The molecule has 2 N–H and O–H groups in total. The average molecular weight is 242 g/mol. The fourth-order valence-electron chi connectivity index (χ4n) is 0.871. The Kier molecular flexibility index (Phi) is 4.40. The van der Waals surface area contributed by atoms with Gasteiger partial charge in [0.2, 0.25) is 0 Å². The Labute approximate surface area is 98.6 Å². The minimum atomic E-state index is -0.751. The fraction of sp³-hybridized carbons (Fsp3) is 0.400. The minimum absolute atomic E-state index is 0.625. The first kappa shape index (κ1) is 12.3. The van der Waals surface area contributed by atoms with Gasteiger partial charge in [-0.25, -0.2) is 4.98 Å². The second kappa shape index (κ2) is 5.36. The number of aromatic nitrogens is 1. The first-order valence-electron chi connectivity index (χ1n) is 4.48. The number of hydrogen-bond acceptors (Lipinski definition) is 4. The molecule has 15 heavy (non-hydrogen) atoms. The van der Waals surface area contributed by atoms with Crippen LogP contribution in [0.1, 0.15) is 13.3 Å². The van der Waals surface area contributed by atoms with Gasteiger partial charge in [-0.2, -0.15) is 5.26 Å². The third kappa shape index (κ3) is 4.52. The van der Waals surface area contributed by atoms with Crippen molar-refractivity contribution in [1.29, 1.82) is 5.26 Å². The lowest BCUT2D eigenvalue weighted by Crippen LogP contribution is -2.34. The summed E-state index contributed by atoms with van der Waals surface area (Å²) >= 11 is 7.28. The molecule has 5 heteroatoms. The summed E-state index contributed by atoms with van der Waals surface area (Å²) in [6, 6.07) is 5.71. The van der Waals surface area contributed by atoms with Crippen molar-refractivity contribution in [3.63, 3.8) is 0 Å². The Morgan fingerprint density at radius 2 is 2.40 bits per heavy atom. The van der Waals surface area contributed by atoms with Crippen LogP contribution < -0.4 is 5.73 Å². The molecule has 1 aromatic heterocycles. The topological polar surface area (TPSA) is 62.7 Å². The van der Waals surface area contributed by atoms with Crippen molar-refractivity contribution in [3.8, 4) is 6.07 Å². The van der Waals surface area contributed by atoms with E-state index in [0.717, 1.165) is 10.8 Å². The van der Waals surface area contributed by atoms with Crippen LogP contribution in [0.25, 0.3) is 0 Å². The Hall–Kier alpha value is -0.760. The highest BCUT2D eigenvalue weighted by Gasteiger charge is 2.16. The van der Waals surface area contributed by atoms with Gasteiger partial charge in [-0.05, 0) is 25.5 Å². The molecule has 0 radical (unpaired) electrons. The van der Waals surface area contributed by atoms with Gasteiger partial charge in [0.05, 0.1) is 16.1 Å². The summed E-state index contributed by atoms with van der Waals surface area (Å²) in [7, 11) is 0. The average Bonchev–Trinajstić information content (AvgIpc) is 2.21. The van der Waals surface area contributed by atoms with Gasteiger partial charge in [0, 0.05) is 11.9 Å². The van der Waals surface area contributed by atoms with Gasteiger partial charge in [0.15, 0.2) is 0 Å². The van der Waals surface area contributed by atoms with E-state index in [4.69, 9.17) is 22.6 Å². The van der Waals surface area contributed by atoms with Gasteiger partial charge in [-0.3, -0.25) is 0 Å². The lowest BCUT2D eigenvalue weighted by atomic mass is 10.0. The molecule has 1 atom stereocenters. The highest BCUT2D eigenvalue weighted by atomic mass is 35.5. The molecule has 0 saturated carbocycles. The van der Waals surface area contributed by atoms with Gasteiger partial charge >= 0.3 is 0 Å². The molecule has 0 amide bonds. The normalized spacial score (nSPS) is 14.3. The third-order valence-electron chi connectivity index (χ3n) is 1.83. The third-order valence-corrected chi connectivity index (χ3v) is 3.00. The molecule has 80 valence electrons. The number of hydrogen-bond donors (Lipinski definition) is 1. The molecule has 0 aliphatic carbocycles. The van der Waals surface area contributed by atoms with E-state index in [1.165, 1.54) is 0 Å². The molecule has 0 saturated heterocycles. The maximum atomic E-state index is 8.71. The van der Waals surface area contributed by atoms with E-state index in [1.54, 1.807) is 30.9 Å². The predicted octanol–water partition coefficient (Wildman–Crippen LogP) is 2.46. The minimum Gasteiger partial charge on any atom is -0.314 e. The van der Waals surface area contributed by atoms with Gasteiger partial charge < -0.3 is 5.73 Å². The molecule has 0 spiro atoms. The van der Waals surface area contributed by atoms with Crippen LogP contribution in [0.15, 0.2) is 23.4 Å². The van der Waals surface area contributed by atoms with Crippen LogP contribution in [-0.2, 0) is 0 Å². The van der Waals surface area contributed by atoms with Gasteiger partial charge in [-0.15, -0.1) is 11.8 Å². The highest BCUT2D eigenvalue weighted by molar-refractivity contribution is 7.99. The van der Waals surface area contributed by atoms with Crippen LogP contribution in [-0.4, -0.2) is 16.3 Å². The van der Waals surface area contributed by atoms with Crippen molar-refractivity contribution in [2.45, 2.75) is 23.9 Å². The Bertz CT molecular complexity index is 356. The molecule has 0 aromatic carbocycles. The highest BCUT2D eigenvalue weighted by Crippen LogP contribution is 2.20. The van der Waals surface area contributed by atoms with Crippen molar-refractivity contribution < 1.29 is 0 Å². The van der Waals surface area contributed by atoms with E-state index in [9.17, 15) is 0 Å². The number of nitriles is 1. The van der Waals surface area contributed by atoms with Gasteiger partial charge in [-0.1, -0.05) is 11.6 Å². The number of rotatable bonds is 4. The fourth-order valence-corrected chi connectivity index (χ4v) is 2.01. The summed E-state index contributed by atoms with van der Waals surface area (Å²) in [6.45, 7) is 1.73. The Morgan fingerprint density at radius 3 is 2.93 bits per heavy atom. The first-order chi connectivity index (χ1) is 7.03. The monoisotopic (exact) mass is 241 g/mol. The molecule has 1 heterocycles. The zero-order valence-corrected chi connectivity index (χ0v) is 9.98. The summed E-state index contributed by atoms with van der Waals surface area (Å²) in [6.07, 6.45) is 2.24. The molecular weight excluding hydrogens is 230 g/mol. The zero-order valence-electron chi connectivity index (χ0n) is 8.40. The maximum absolute atomic E-state index is 8.71. The lowest BCUT2D eigenvalue weighted by molar-refractivity contribution is 0.583. The van der Waals surface area contributed by atoms with E-state index in [2.05, 4.69) is 11.1 Å². The number of nitrogens with two attached hydrogens (primary N) is 1. The van der Waals surface area contributed by atoms with Crippen molar-refractivity contribution >= 4 is 23.4 Å². The molecule has 0 fully saturated rings. The molecule has 1 rings (SSSR count). The molecule has 1 unspecified atom stereocenters. The van der Waals surface area contributed by atoms with Crippen LogP contribution in [0.3, 0.4) is 0 Å². The summed E-state index contributed by atoms with van der Waals surface area (Å²) < 4.78 is 0. The maximum Gasteiger partial charge on any atom is 0.102 e. The molecule has 1 aromatic rings. The molecule has 0 aliphatic rings. The molecule has 0 bridgehead atoms. The molecular formula is C10H12ClN3S. The standard InChI is InChI=1S/C10H12ClN3S/c1-10(13,7-12)4-5-15-9-3-2-8(11)6-14-9/h2-3,6H,4-5,13H2,1H3. The number of thioether (sulfide) groups is 1. The SMILES string of the molecule is CC(N)(C#N)CCSc1ccc(Cl)cn1. The second-order valence-corrected chi connectivity index (χ2v) is 4.99. The van der Waals surface area contributed by atoms with Crippen LogP contribution in [0, 0.1) is 11.3 Å². The Balaban J connectivity index is 2.39. The first-order valence-corrected chi connectivity index (χ1v) is 5.84. The summed E-state index contributed by atoms with van der Waals surface area (Å²) in [5.74, 6) is 0.773. The second-order valence-electron chi connectivity index (χ2n) is 3.44. The van der Waals surface area contributed by atoms with Crippen molar-refractivity contribution in [2.24, 2.45) is 5.73 Å². The van der Waals surface area contributed by atoms with Crippen LogP contribution in [0.2, 0.25) is 5.02 Å².